The lowest BCUT2D eigenvalue weighted by molar-refractivity contribution is 0.528. The number of halogens is 2. The summed E-state index contributed by atoms with van der Waals surface area (Å²) >= 11 is 5.99. The number of hydrogen-bond acceptors (Lipinski definition) is 5. The summed E-state index contributed by atoms with van der Waals surface area (Å²) in [5.41, 5.74) is 4.44. The smallest absolute Gasteiger partial charge is 0.192 e. The average molecular weight is 536 g/mol. The first-order chi connectivity index (χ1) is 17.5. The number of benzene rings is 3. The summed E-state index contributed by atoms with van der Waals surface area (Å²) in [5, 5.41) is 0.275. The summed E-state index contributed by atoms with van der Waals surface area (Å²) in [5.74, 6) is 0.876. The minimum atomic E-state index is -3.39. The van der Waals surface area contributed by atoms with Crippen molar-refractivity contribution in [3.05, 3.63) is 95.1 Å². The van der Waals surface area contributed by atoms with Crippen LogP contribution in [-0.4, -0.2) is 29.2 Å². The van der Waals surface area contributed by atoms with Crippen molar-refractivity contribution in [3.63, 3.8) is 0 Å². The molecule has 5 rings (SSSR count). The Morgan fingerprint density at radius 1 is 0.919 bits per heavy atom. The molecule has 9 heteroatoms. The topological polar surface area (TPSA) is 78.0 Å². The van der Waals surface area contributed by atoms with Gasteiger partial charge in [-0.05, 0) is 67.4 Å². The van der Waals surface area contributed by atoms with Gasteiger partial charge in [-0.15, -0.1) is 0 Å². The number of hydrogen-bond donors (Lipinski definition) is 0. The summed E-state index contributed by atoms with van der Waals surface area (Å²) in [7, 11) is -3.39. The molecular weight excluding hydrogens is 513 g/mol. The molecule has 0 radical (unpaired) electrons. The maximum absolute atomic E-state index is 15.0. The van der Waals surface area contributed by atoms with Crippen LogP contribution in [0, 0.1) is 26.6 Å². The van der Waals surface area contributed by atoms with Gasteiger partial charge in [-0.2, -0.15) is 0 Å². The normalized spacial score (nSPS) is 11.7. The molecule has 0 amide bonds. The summed E-state index contributed by atoms with van der Waals surface area (Å²) in [6.45, 7) is 5.50. The van der Waals surface area contributed by atoms with Gasteiger partial charge in [-0.1, -0.05) is 29.8 Å². The largest absolute Gasteiger partial charge is 0.440 e. The molecule has 0 saturated carbocycles. The molecule has 2 heterocycles. The second kappa shape index (κ2) is 9.28. The molecule has 0 aliphatic rings. The van der Waals surface area contributed by atoms with Gasteiger partial charge in [0.2, 0.25) is 0 Å². The molecule has 188 valence electrons. The number of rotatable bonds is 5. The first-order valence-electron chi connectivity index (χ1n) is 11.4. The monoisotopic (exact) mass is 535 g/mol. The zero-order valence-corrected chi connectivity index (χ0v) is 22.2. The number of sulfone groups is 1. The Kier molecular flexibility index (Phi) is 6.25. The Morgan fingerprint density at radius 2 is 1.68 bits per heavy atom. The maximum atomic E-state index is 15.0. The van der Waals surface area contributed by atoms with E-state index in [2.05, 4.69) is 9.97 Å². The Bertz CT molecular complexity index is 1770. The first-order valence-corrected chi connectivity index (χ1v) is 13.7. The Labute approximate surface area is 219 Å². The van der Waals surface area contributed by atoms with Crippen molar-refractivity contribution < 1.29 is 17.2 Å². The van der Waals surface area contributed by atoms with Crippen LogP contribution in [0.1, 0.15) is 17.4 Å². The average Bonchev–Trinajstić information content (AvgIpc) is 3.39. The standard InChI is InChI=1S/C28H23ClFN3O3S/c1-16-15-33(17(2)31-16)26-11-8-20(19-6-5-7-22(12-19)37(4,34)35)13-24(26)27-28(36-18(3)32-27)23-10-9-21(29)14-25(23)30/h5-15H,1-4H3. The van der Waals surface area contributed by atoms with Gasteiger partial charge in [0.1, 0.15) is 17.3 Å². The van der Waals surface area contributed by atoms with Crippen LogP contribution in [0.25, 0.3) is 39.4 Å². The predicted octanol–water partition coefficient (Wildman–Crippen LogP) is 6.98. The molecule has 3 aromatic carbocycles. The zero-order valence-electron chi connectivity index (χ0n) is 20.6. The van der Waals surface area contributed by atoms with E-state index in [0.29, 0.717) is 22.7 Å². The molecule has 0 bridgehead atoms. The van der Waals surface area contributed by atoms with Crippen LogP contribution in [0.15, 0.2) is 76.2 Å². The summed E-state index contributed by atoms with van der Waals surface area (Å²) in [6, 6.07) is 16.9. The van der Waals surface area contributed by atoms with E-state index >= 15 is 0 Å². The van der Waals surface area contributed by atoms with E-state index in [0.717, 1.165) is 22.8 Å². The number of nitrogens with zero attached hydrogens (tertiary/aromatic N) is 3. The third kappa shape index (κ3) is 4.82. The van der Waals surface area contributed by atoms with E-state index in [-0.39, 0.29) is 21.2 Å². The van der Waals surface area contributed by atoms with E-state index < -0.39 is 15.7 Å². The summed E-state index contributed by atoms with van der Waals surface area (Å²) < 4.78 is 47.2. The molecule has 0 aliphatic heterocycles. The van der Waals surface area contributed by atoms with Crippen molar-refractivity contribution in [2.45, 2.75) is 25.7 Å². The van der Waals surface area contributed by atoms with Crippen LogP contribution in [0.5, 0.6) is 0 Å². The van der Waals surface area contributed by atoms with Crippen molar-refractivity contribution in [1.29, 1.82) is 0 Å². The maximum Gasteiger partial charge on any atom is 0.192 e. The third-order valence-corrected chi connectivity index (χ3v) is 7.36. The lowest BCUT2D eigenvalue weighted by Crippen LogP contribution is -2.00. The summed E-state index contributed by atoms with van der Waals surface area (Å²) in [6.07, 6.45) is 3.09. The van der Waals surface area contributed by atoms with Crippen LogP contribution >= 0.6 is 11.6 Å². The molecule has 0 spiro atoms. The van der Waals surface area contributed by atoms with Gasteiger partial charge in [0, 0.05) is 30.0 Å². The fraction of sp³-hybridized carbons (Fsp3) is 0.143. The minimum Gasteiger partial charge on any atom is -0.440 e. The highest BCUT2D eigenvalue weighted by Crippen LogP contribution is 2.39. The molecule has 6 nitrogen and oxygen atoms in total. The van der Waals surface area contributed by atoms with Crippen molar-refractivity contribution in [3.8, 4) is 39.4 Å². The minimum absolute atomic E-state index is 0.220. The number of oxazole rings is 1. The van der Waals surface area contributed by atoms with Gasteiger partial charge < -0.3 is 8.98 Å². The van der Waals surface area contributed by atoms with E-state index in [4.69, 9.17) is 16.0 Å². The quantitative estimate of drug-likeness (QED) is 0.242. The number of imidazole rings is 1. The fourth-order valence-electron chi connectivity index (χ4n) is 4.35. The molecule has 0 unspecified atom stereocenters. The molecular formula is C28H23ClFN3O3S. The first kappa shape index (κ1) is 24.9. The predicted molar refractivity (Wildman–Crippen MR) is 142 cm³/mol. The lowest BCUT2D eigenvalue weighted by Gasteiger charge is -2.14. The van der Waals surface area contributed by atoms with Gasteiger partial charge in [-0.3, -0.25) is 0 Å². The van der Waals surface area contributed by atoms with Crippen molar-refractivity contribution in [1.82, 2.24) is 14.5 Å². The van der Waals surface area contributed by atoms with Gasteiger partial charge in [-0.25, -0.2) is 22.8 Å². The van der Waals surface area contributed by atoms with E-state index in [1.807, 2.05) is 48.9 Å². The lowest BCUT2D eigenvalue weighted by atomic mass is 9.98. The molecule has 5 aromatic rings. The van der Waals surface area contributed by atoms with Crippen LogP contribution in [0.2, 0.25) is 5.02 Å². The van der Waals surface area contributed by atoms with Gasteiger partial charge in [0.05, 0.1) is 21.8 Å². The number of aromatic nitrogens is 3. The molecule has 0 N–H and O–H groups in total. The van der Waals surface area contributed by atoms with E-state index in [9.17, 15) is 12.8 Å². The highest BCUT2D eigenvalue weighted by molar-refractivity contribution is 7.90. The molecule has 0 fully saturated rings. The molecule has 0 aliphatic carbocycles. The number of aryl methyl sites for hydroxylation is 3. The Hall–Kier alpha value is -3.75. The highest BCUT2D eigenvalue weighted by Gasteiger charge is 2.23. The fourth-order valence-corrected chi connectivity index (χ4v) is 5.18. The van der Waals surface area contributed by atoms with Crippen LogP contribution < -0.4 is 0 Å². The Balaban J connectivity index is 1.78. The van der Waals surface area contributed by atoms with Crippen LogP contribution in [0.3, 0.4) is 0 Å². The van der Waals surface area contributed by atoms with E-state index in [1.54, 1.807) is 37.3 Å². The van der Waals surface area contributed by atoms with Crippen molar-refractivity contribution in [2.24, 2.45) is 0 Å². The van der Waals surface area contributed by atoms with Crippen molar-refractivity contribution in [2.75, 3.05) is 6.26 Å². The molecule has 0 saturated heterocycles. The van der Waals surface area contributed by atoms with Gasteiger partial charge in [0.15, 0.2) is 21.5 Å². The van der Waals surface area contributed by atoms with Crippen molar-refractivity contribution >= 4 is 21.4 Å². The van der Waals surface area contributed by atoms with Gasteiger partial charge >= 0.3 is 0 Å². The Morgan fingerprint density at radius 3 is 2.35 bits per heavy atom. The highest BCUT2D eigenvalue weighted by atomic mass is 35.5. The summed E-state index contributed by atoms with van der Waals surface area (Å²) in [4.78, 5) is 9.39. The van der Waals surface area contributed by atoms with Gasteiger partial charge in [0.25, 0.3) is 0 Å². The van der Waals surface area contributed by atoms with Crippen LogP contribution in [0.4, 0.5) is 4.39 Å². The molecule has 0 atom stereocenters. The second-order valence-corrected chi connectivity index (χ2v) is 11.3. The third-order valence-electron chi connectivity index (χ3n) is 6.02. The van der Waals surface area contributed by atoms with Crippen LogP contribution in [-0.2, 0) is 9.84 Å². The molecule has 2 aromatic heterocycles. The van der Waals surface area contributed by atoms with E-state index in [1.165, 1.54) is 12.3 Å². The zero-order chi connectivity index (χ0) is 26.5. The second-order valence-electron chi connectivity index (χ2n) is 8.87. The molecule has 37 heavy (non-hydrogen) atoms. The SMILES string of the molecule is Cc1cn(-c2ccc(-c3cccc(S(C)(=O)=O)c3)cc2-c2nc(C)oc2-c2ccc(Cl)cc2F)c(C)n1.